The van der Waals surface area contributed by atoms with Gasteiger partial charge >= 0.3 is 29.6 Å². The van der Waals surface area contributed by atoms with Crippen LogP contribution in [0.2, 0.25) is 0 Å². The van der Waals surface area contributed by atoms with Crippen molar-refractivity contribution < 1.29 is 35.8 Å². The average Bonchev–Trinajstić information content (AvgIpc) is 1.73. The molecular weight excluding hydrogens is 228 g/mol. The van der Waals surface area contributed by atoms with Gasteiger partial charge in [-0.25, -0.2) is 0 Å². The molecule has 46 valence electrons. The van der Waals surface area contributed by atoms with E-state index in [2.05, 4.69) is 22.6 Å². The number of carbonyl (C=O) groups excluding carboxylic acids is 1. The summed E-state index contributed by atoms with van der Waals surface area (Å²) in [7, 11) is 3.38. The zero-order chi connectivity index (χ0) is 6.28. The van der Waals surface area contributed by atoms with E-state index in [9.17, 15) is 4.79 Å². The Morgan fingerprint density at radius 1 is 1.50 bits per heavy atom. The molecule has 0 aliphatic heterocycles. The van der Waals surface area contributed by atoms with E-state index < -0.39 is 0 Å². The fourth-order valence-corrected chi connectivity index (χ4v) is 0. The molecule has 0 fully saturated rings. The maximum atomic E-state index is 9.43. The molecule has 4 heteroatoms. The van der Waals surface area contributed by atoms with E-state index >= 15 is 0 Å². The first-order chi connectivity index (χ1) is 3.27. The standard InChI is InChI=1S/C3H7NO.CH3I.Na.H/c1-4(2)3-5;1-2;;/h3H,1-2H3;1H3;;/q;;+1;-1. The van der Waals surface area contributed by atoms with Crippen LogP contribution in [-0.2, 0) is 4.79 Å². The minimum atomic E-state index is 0. The number of halogens is 1. The van der Waals surface area contributed by atoms with Gasteiger partial charge in [0.25, 0.3) is 0 Å². The molecule has 0 aromatic carbocycles. The minimum Gasteiger partial charge on any atom is -1.00 e. The predicted molar refractivity (Wildman–Crippen MR) is 40.8 cm³/mol. The summed E-state index contributed by atoms with van der Waals surface area (Å²) in [6, 6.07) is 0. The van der Waals surface area contributed by atoms with Crippen LogP contribution in [0, 0.1) is 0 Å². The zero-order valence-electron chi connectivity index (χ0n) is 6.81. The molecule has 0 aromatic rings. The van der Waals surface area contributed by atoms with Gasteiger partial charge in [-0.05, 0) is 4.93 Å². The van der Waals surface area contributed by atoms with Crippen LogP contribution in [0.25, 0.3) is 0 Å². The fraction of sp³-hybridized carbons (Fsp3) is 0.750. The van der Waals surface area contributed by atoms with Crippen molar-refractivity contribution in [1.82, 2.24) is 4.90 Å². The summed E-state index contributed by atoms with van der Waals surface area (Å²) in [5.41, 5.74) is 0. The third kappa shape index (κ3) is 27.0. The Morgan fingerprint density at radius 2 is 1.62 bits per heavy atom. The van der Waals surface area contributed by atoms with Crippen LogP contribution < -0.4 is 29.6 Å². The van der Waals surface area contributed by atoms with Crippen molar-refractivity contribution in [3.8, 4) is 0 Å². The van der Waals surface area contributed by atoms with E-state index in [4.69, 9.17) is 0 Å². The van der Waals surface area contributed by atoms with Crippen molar-refractivity contribution in [1.29, 1.82) is 0 Å². The van der Waals surface area contributed by atoms with Gasteiger partial charge in [-0.3, -0.25) is 4.79 Å². The molecule has 2 nitrogen and oxygen atoms in total. The summed E-state index contributed by atoms with van der Waals surface area (Å²) in [4.78, 5) is 12.8. The van der Waals surface area contributed by atoms with Gasteiger partial charge in [0.1, 0.15) is 0 Å². The molecule has 0 aromatic heterocycles. The first-order valence-corrected chi connectivity index (χ1v) is 3.92. The maximum Gasteiger partial charge on any atom is 1.00 e. The molecular formula is C4H11INNaO. The number of amides is 1. The predicted octanol–water partition coefficient (Wildman–Crippen LogP) is -2.13. The van der Waals surface area contributed by atoms with E-state index in [0.29, 0.717) is 0 Å². The Bertz CT molecular complexity index is 47.5. The molecule has 0 radical (unpaired) electrons. The van der Waals surface area contributed by atoms with Crippen molar-refractivity contribution in [3.05, 3.63) is 0 Å². The smallest absolute Gasteiger partial charge is 1.00 e. The molecule has 0 unspecified atom stereocenters. The number of carbonyl (C=O) groups is 1. The van der Waals surface area contributed by atoms with Crippen LogP contribution in [0.3, 0.4) is 0 Å². The number of rotatable bonds is 1. The zero-order valence-corrected chi connectivity index (χ0v) is 9.97. The first kappa shape index (κ1) is 16.1. The van der Waals surface area contributed by atoms with Gasteiger partial charge in [-0.1, -0.05) is 22.6 Å². The van der Waals surface area contributed by atoms with Crippen LogP contribution in [-0.4, -0.2) is 30.3 Å². The monoisotopic (exact) mass is 239 g/mol. The molecule has 0 heterocycles. The summed E-state index contributed by atoms with van der Waals surface area (Å²) in [5, 5.41) is 0. The minimum absolute atomic E-state index is 0. The Kier molecular flexibility index (Phi) is 31.6. The van der Waals surface area contributed by atoms with E-state index in [1.165, 1.54) is 4.90 Å². The van der Waals surface area contributed by atoms with Crippen molar-refractivity contribution >= 4 is 29.0 Å². The van der Waals surface area contributed by atoms with E-state index in [1.54, 1.807) is 14.1 Å². The van der Waals surface area contributed by atoms with Crippen LogP contribution >= 0.6 is 22.6 Å². The van der Waals surface area contributed by atoms with Gasteiger partial charge in [-0.2, -0.15) is 0 Å². The molecule has 0 aliphatic carbocycles. The van der Waals surface area contributed by atoms with Crippen molar-refractivity contribution in [2.75, 3.05) is 19.0 Å². The quantitative estimate of drug-likeness (QED) is 0.221. The third-order valence-corrected chi connectivity index (χ3v) is 0.211. The molecule has 0 saturated heterocycles. The first-order valence-electron chi connectivity index (χ1n) is 1.77. The van der Waals surface area contributed by atoms with Crippen molar-refractivity contribution in [2.45, 2.75) is 0 Å². The summed E-state index contributed by atoms with van der Waals surface area (Å²) in [6.45, 7) is 0. The van der Waals surface area contributed by atoms with Gasteiger partial charge in [0, 0.05) is 14.1 Å². The van der Waals surface area contributed by atoms with E-state index in [0.717, 1.165) is 6.41 Å². The van der Waals surface area contributed by atoms with Gasteiger partial charge < -0.3 is 6.33 Å². The van der Waals surface area contributed by atoms with Crippen LogP contribution in [0.4, 0.5) is 0 Å². The van der Waals surface area contributed by atoms with E-state index in [-0.39, 0.29) is 31.0 Å². The number of alkyl halides is 1. The average molecular weight is 239 g/mol. The Labute approximate surface area is 87.9 Å². The second-order valence-electron chi connectivity index (χ2n) is 1.07. The normalized spacial score (nSPS) is 5.00. The van der Waals surface area contributed by atoms with E-state index in [1.807, 2.05) is 4.93 Å². The van der Waals surface area contributed by atoms with Crippen molar-refractivity contribution in [3.63, 3.8) is 0 Å². The van der Waals surface area contributed by atoms with Crippen molar-refractivity contribution in [2.24, 2.45) is 0 Å². The van der Waals surface area contributed by atoms with Gasteiger partial charge in [-0.15, -0.1) is 0 Å². The van der Waals surface area contributed by atoms with Crippen LogP contribution in [0.5, 0.6) is 0 Å². The Balaban J connectivity index is -0.0000000286. The molecule has 0 spiro atoms. The molecule has 0 N–H and O–H groups in total. The second-order valence-corrected chi connectivity index (χ2v) is 1.07. The summed E-state index contributed by atoms with van der Waals surface area (Å²) < 4.78 is 0. The van der Waals surface area contributed by atoms with Crippen LogP contribution in [0.1, 0.15) is 1.43 Å². The number of nitrogens with zero attached hydrogens (tertiary/aromatic N) is 1. The SMILES string of the molecule is CI.CN(C)C=O.[H-].[Na+]. The Hall–Kier alpha value is 1.20. The van der Waals surface area contributed by atoms with Gasteiger partial charge in [0.05, 0.1) is 0 Å². The summed E-state index contributed by atoms with van der Waals surface area (Å²) in [5.74, 6) is 0. The second kappa shape index (κ2) is 15.7. The summed E-state index contributed by atoms with van der Waals surface area (Å²) >= 11 is 2.15. The van der Waals surface area contributed by atoms with Crippen LogP contribution in [0.15, 0.2) is 0 Å². The number of hydrogen-bond acceptors (Lipinski definition) is 1. The topological polar surface area (TPSA) is 20.3 Å². The molecule has 0 bridgehead atoms. The largest absolute Gasteiger partial charge is 1.00 e. The van der Waals surface area contributed by atoms with Gasteiger partial charge in [0.2, 0.25) is 6.41 Å². The maximum absolute atomic E-state index is 9.43. The molecule has 8 heavy (non-hydrogen) atoms. The Morgan fingerprint density at radius 3 is 1.62 bits per heavy atom. The molecule has 1 amide bonds. The summed E-state index contributed by atoms with van der Waals surface area (Å²) in [6.07, 6.45) is 0.750. The molecule has 0 atom stereocenters. The molecule has 0 rings (SSSR count). The molecule has 0 saturated carbocycles. The number of hydrogen-bond donors (Lipinski definition) is 0. The fourth-order valence-electron chi connectivity index (χ4n) is 0. The van der Waals surface area contributed by atoms with Gasteiger partial charge in [0.15, 0.2) is 0 Å². The third-order valence-electron chi connectivity index (χ3n) is 0.211. The molecule has 0 aliphatic rings.